The van der Waals surface area contributed by atoms with Crippen molar-refractivity contribution in [2.45, 2.75) is 5.52 Å². The summed E-state index contributed by atoms with van der Waals surface area (Å²) < 4.78 is 1.29. The van der Waals surface area contributed by atoms with E-state index in [1.54, 1.807) is 0 Å². The maximum atomic E-state index is 3.61. The number of halogens is 2. The molecule has 4 heteroatoms. The molecule has 0 amide bonds. The molecule has 1 N–H and O–H groups in total. The van der Waals surface area contributed by atoms with Crippen LogP contribution in [0.3, 0.4) is 0 Å². The van der Waals surface area contributed by atoms with Crippen LogP contribution in [0.5, 0.6) is 0 Å². The van der Waals surface area contributed by atoms with E-state index in [1.165, 1.54) is 4.29 Å². The number of aromatic amines is 1. The quantitative estimate of drug-likeness (QED) is 0.754. The molecule has 0 aromatic carbocycles. The summed E-state index contributed by atoms with van der Waals surface area (Å²) in [6, 6.07) is 4.10. The van der Waals surface area contributed by atoms with Crippen LogP contribution in [0.2, 0.25) is 5.52 Å². The first-order chi connectivity index (χ1) is 4.11. The van der Waals surface area contributed by atoms with E-state index in [1.807, 2.05) is 12.3 Å². The van der Waals surface area contributed by atoms with Crippen molar-refractivity contribution < 1.29 is 10.9 Å². The average Bonchev–Trinajstić information content (AvgIpc) is 2.08. The molecule has 0 atom stereocenters. The second kappa shape index (κ2) is 2.85. The van der Waals surface area contributed by atoms with Crippen LogP contribution in [-0.2, 0) is 10.9 Å². The molecular formula is C5H7Br2NRh. The van der Waals surface area contributed by atoms with Gasteiger partial charge in [-0.25, -0.2) is 0 Å². The van der Waals surface area contributed by atoms with Gasteiger partial charge in [-0.15, -0.1) is 0 Å². The Morgan fingerprint density at radius 2 is 2.22 bits per heavy atom. The molecule has 0 fully saturated rings. The molecule has 0 saturated heterocycles. The van der Waals surface area contributed by atoms with Gasteiger partial charge in [0.25, 0.3) is 0 Å². The maximum absolute atomic E-state index is 3.61. The van der Waals surface area contributed by atoms with Crippen molar-refractivity contribution in [3.63, 3.8) is 0 Å². The monoisotopic (exact) mass is 342 g/mol. The van der Waals surface area contributed by atoms with Crippen LogP contribution in [-0.4, -0.2) is 4.98 Å². The molecule has 1 nitrogen and oxygen atoms in total. The van der Waals surface area contributed by atoms with Gasteiger partial charge < -0.3 is 0 Å². The summed E-state index contributed by atoms with van der Waals surface area (Å²) in [7, 11) is -1.61. The molecule has 1 aromatic heterocycles. The third-order valence-electron chi connectivity index (χ3n) is 0.861. The summed E-state index contributed by atoms with van der Waals surface area (Å²) in [6.45, 7) is 0. The first kappa shape index (κ1) is 7.96. The molecule has 0 radical (unpaired) electrons. The van der Waals surface area contributed by atoms with Crippen molar-refractivity contribution in [2.75, 3.05) is 0 Å². The van der Waals surface area contributed by atoms with Crippen molar-refractivity contribution >= 4 is 31.5 Å². The summed E-state index contributed by atoms with van der Waals surface area (Å²) in [4.78, 5) is 3.15. The summed E-state index contributed by atoms with van der Waals surface area (Å²) in [5.41, 5.74) is 2.19. The number of rotatable bonds is 1. The minimum absolute atomic E-state index is 1.29. The molecule has 55 valence electrons. The van der Waals surface area contributed by atoms with E-state index >= 15 is 0 Å². The van der Waals surface area contributed by atoms with E-state index in [0.29, 0.717) is 0 Å². The van der Waals surface area contributed by atoms with Crippen LogP contribution in [0.4, 0.5) is 0 Å². The van der Waals surface area contributed by atoms with Gasteiger partial charge in [-0.1, -0.05) is 0 Å². The Kier molecular flexibility index (Phi) is 2.52. The summed E-state index contributed by atoms with van der Waals surface area (Å²) >= 11 is 7.22. The van der Waals surface area contributed by atoms with Gasteiger partial charge in [0.05, 0.1) is 0 Å². The van der Waals surface area contributed by atoms with Crippen LogP contribution >= 0.6 is 27.2 Å². The first-order valence-corrected chi connectivity index (χ1v) is 12.2. The number of H-pyrrole nitrogens is 1. The van der Waals surface area contributed by atoms with E-state index in [-0.39, 0.29) is 0 Å². The van der Waals surface area contributed by atoms with Crippen LogP contribution in [0.15, 0.2) is 18.3 Å². The number of hydrogen-bond acceptors (Lipinski definition) is 0. The third-order valence-corrected chi connectivity index (χ3v) is 6.29. The third kappa shape index (κ3) is 2.17. The number of hydrogen-bond donors (Lipinski definition) is 1. The molecule has 0 aliphatic carbocycles. The van der Waals surface area contributed by atoms with Gasteiger partial charge in [0.1, 0.15) is 0 Å². The van der Waals surface area contributed by atoms with Gasteiger partial charge in [0.15, 0.2) is 0 Å². The van der Waals surface area contributed by atoms with Crippen LogP contribution in [0.25, 0.3) is 0 Å². The summed E-state index contributed by atoms with van der Waals surface area (Å²) in [5, 5.41) is 0. The fourth-order valence-corrected chi connectivity index (χ4v) is 3.62. The van der Waals surface area contributed by atoms with E-state index in [4.69, 9.17) is 0 Å². The van der Waals surface area contributed by atoms with Crippen LogP contribution in [0, 0.1) is 0 Å². The molecule has 9 heavy (non-hydrogen) atoms. The van der Waals surface area contributed by atoms with Crippen molar-refractivity contribution in [3.05, 3.63) is 18.3 Å². The standard InChI is InChI=1S/C4H4N.CH3.2BrH.Rh/c1-2-4-5-3-1;;;;/h1-3,5H;1H3;2*1H;/q;;;;+2/p-2. The molecule has 0 aliphatic rings. The second-order valence-electron chi connectivity index (χ2n) is 1.59. The van der Waals surface area contributed by atoms with Crippen molar-refractivity contribution in [3.8, 4) is 0 Å². The van der Waals surface area contributed by atoms with E-state index in [0.717, 1.165) is 0 Å². The van der Waals surface area contributed by atoms with Crippen molar-refractivity contribution in [2.24, 2.45) is 0 Å². The molecule has 1 aromatic rings. The Morgan fingerprint density at radius 3 is 2.44 bits per heavy atom. The van der Waals surface area contributed by atoms with Crippen molar-refractivity contribution in [1.82, 2.24) is 4.98 Å². The van der Waals surface area contributed by atoms with E-state index < -0.39 is 10.9 Å². The Morgan fingerprint density at radius 1 is 1.56 bits per heavy atom. The molecule has 0 unspecified atom stereocenters. The van der Waals surface area contributed by atoms with E-state index in [2.05, 4.69) is 43.8 Å². The fourth-order valence-electron chi connectivity index (χ4n) is 0.482. The van der Waals surface area contributed by atoms with Crippen LogP contribution < -0.4 is 4.29 Å². The molecule has 0 spiro atoms. The van der Waals surface area contributed by atoms with Gasteiger partial charge in [0.2, 0.25) is 0 Å². The van der Waals surface area contributed by atoms with E-state index in [9.17, 15) is 0 Å². The predicted octanol–water partition coefficient (Wildman–Crippen LogP) is 2.46. The topological polar surface area (TPSA) is 15.8 Å². The normalized spacial score (nSPS) is 13.7. The Hall–Kier alpha value is 0.863. The number of aromatic nitrogens is 1. The Balaban J connectivity index is 2.90. The van der Waals surface area contributed by atoms with Crippen LogP contribution in [0.1, 0.15) is 0 Å². The second-order valence-corrected chi connectivity index (χ2v) is 22.1. The molecular weight excluding hydrogens is 337 g/mol. The van der Waals surface area contributed by atoms with Gasteiger partial charge in [-0.3, -0.25) is 0 Å². The zero-order valence-corrected chi connectivity index (χ0v) is 9.63. The SMILES string of the molecule is [CH3][Rh]([Br])([Br])[c]1ccc[nH]1. The molecule has 0 aliphatic heterocycles. The zero-order valence-electron chi connectivity index (χ0n) is 4.82. The summed E-state index contributed by atoms with van der Waals surface area (Å²) in [5.74, 6) is 0. The van der Waals surface area contributed by atoms with Gasteiger partial charge >= 0.3 is 71.2 Å². The molecule has 0 bridgehead atoms. The molecule has 1 rings (SSSR count). The van der Waals surface area contributed by atoms with Gasteiger partial charge in [-0.2, -0.15) is 0 Å². The predicted molar refractivity (Wildman–Crippen MR) is 44.1 cm³/mol. The fraction of sp³-hybridized carbons (Fsp3) is 0.200. The van der Waals surface area contributed by atoms with Crippen molar-refractivity contribution in [1.29, 1.82) is 0 Å². The zero-order chi connectivity index (χ0) is 6.91. The number of nitrogens with one attached hydrogen (secondary N) is 1. The Bertz CT molecular complexity index is 177. The Labute approximate surface area is 70.8 Å². The molecule has 0 saturated carbocycles. The van der Waals surface area contributed by atoms with Gasteiger partial charge in [-0.05, 0) is 0 Å². The first-order valence-electron chi connectivity index (χ1n) is 2.25. The summed E-state index contributed by atoms with van der Waals surface area (Å²) in [6.07, 6.45) is 1.94. The molecule has 1 heterocycles. The minimum atomic E-state index is -1.61. The van der Waals surface area contributed by atoms with Gasteiger partial charge in [0, 0.05) is 0 Å². The average molecular weight is 344 g/mol.